The second kappa shape index (κ2) is 7.51. The van der Waals surface area contributed by atoms with Crippen LogP contribution in [0.3, 0.4) is 0 Å². The number of hydrogen-bond acceptors (Lipinski definition) is 3. The predicted octanol–water partition coefficient (Wildman–Crippen LogP) is 1.12. The number of halogens is 2. The lowest BCUT2D eigenvalue weighted by Gasteiger charge is -2.35. The Morgan fingerprint density at radius 1 is 1.31 bits per heavy atom. The Morgan fingerprint density at radius 2 is 2.12 bits per heavy atom. The highest BCUT2D eigenvalue weighted by atomic mass is 19.2. The van der Waals surface area contributed by atoms with E-state index in [1.165, 1.54) is 6.07 Å². The molecule has 1 aromatic carbocycles. The summed E-state index contributed by atoms with van der Waals surface area (Å²) in [7, 11) is 3.42. The van der Waals surface area contributed by atoms with Crippen molar-refractivity contribution in [3.05, 3.63) is 47.8 Å². The number of nitrogens with one attached hydrogen (secondary N) is 1. The van der Waals surface area contributed by atoms with Crippen LogP contribution in [0.1, 0.15) is 5.56 Å². The molecular formula is C17H20F2N6O. The first-order chi connectivity index (χ1) is 12.5. The van der Waals surface area contributed by atoms with Crippen molar-refractivity contribution in [3.63, 3.8) is 0 Å². The van der Waals surface area contributed by atoms with E-state index in [0.29, 0.717) is 24.6 Å². The van der Waals surface area contributed by atoms with Crippen molar-refractivity contribution < 1.29 is 13.6 Å². The van der Waals surface area contributed by atoms with Gasteiger partial charge in [-0.15, -0.1) is 0 Å². The monoisotopic (exact) mass is 362 g/mol. The molecule has 1 aliphatic heterocycles. The minimum Gasteiger partial charge on any atom is -0.352 e. The zero-order valence-corrected chi connectivity index (χ0v) is 14.6. The number of guanidine groups is 1. The summed E-state index contributed by atoms with van der Waals surface area (Å²) in [4.78, 5) is 20.2. The van der Waals surface area contributed by atoms with Crippen LogP contribution in [-0.4, -0.2) is 53.2 Å². The molecule has 0 spiro atoms. The number of piperazine rings is 1. The van der Waals surface area contributed by atoms with Gasteiger partial charge in [-0.25, -0.2) is 8.78 Å². The summed E-state index contributed by atoms with van der Waals surface area (Å²) in [5.41, 5.74) is 1.35. The number of anilines is 1. The van der Waals surface area contributed by atoms with Crippen molar-refractivity contribution in [3.8, 4) is 0 Å². The van der Waals surface area contributed by atoms with E-state index in [4.69, 9.17) is 0 Å². The van der Waals surface area contributed by atoms with Crippen molar-refractivity contribution in [2.24, 2.45) is 12.0 Å². The quantitative estimate of drug-likeness (QED) is 0.657. The molecule has 2 heterocycles. The normalized spacial score (nSPS) is 15.5. The molecule has 1 aliphatic rings. The minimum atomic E-state index is -0.889. The number of aromatic nitrogens is 2. The lowest BCUT2D eigenvalue weighted by atomic mass is 10.2. The molecular weight excluding hydrogens is 342 g/mol. The molecule has 138 valence electrons. The Labute approximate surface area is 149 Å². The summed E-state index contributed by atoms with van der Waals surface area (Å²) in [5, 5.41) is 7.17. The lowest BCUT2D eigenvalue weighted by Crippen LogP contribution is -2.55. The Balaban J connectivity index is 1.61. The van der Waals surface area contributed by atoms with Crippen molar-refractivity contribution in [2.45, 2.75) is 6.54 Å². The van der Waals surface area contributed by atoms with Gasteiger partial charge in [-0.2, -0.15) is 5.10 Å². The molecule has 1 amide bonds. The Bertz CT molecular complexity index is 834. The van der Waals surface area contributed by atoms with Gasteiger partial charge in [0.2, 0.25) is 5.91 Å². The second-order valence-corrected chi connectivity index (χ2v) is 5.99. The molecule has 3 rings (SSSR count). The molecule has 1 N–H and O–H groups in total. The lowest BCUT2D eigenvalue weighted by molar-refractivity contribution is -0.120. The third kappa shape index (κ3) is 3.81. The highest BCUT2D eigenvalue weighted by Crippen LogP contribution is 2.16. The maximum atomic E-state index is 13.3. The van der Waals surface area contributed by atoms with Gasteiger partial charge in [-0.3, -0.25) is 14.5 Å². The molecule has 7 nitrogen and oxygen atoms in total. The Morgan fingerprint density at radius 3 is 2.73 bits per heavy atom. The third-order valence-corrected chi connectivity index (χ3v) is 4.17. The van der Waals surface area contributed by atoms with Crippen LogP contribution in [0.5, 0.6) is 0 Å². The van der Waals surface area contributed by atoms with E-state index in [2.05, 4.69) is 15.4 Å². The second-order valence-electron chi connectivity index (χ2n) is 5.99. The van der Waals surface area contributed by atoms with E-state index in [9.17, 15) is 13.6 Å². The van der Waals surface area contributed by atoms with Crippen molar-refractivity contribution in [1.29, 1.82) is 0 Å². The number of hydrogen-bond donors (Lipinski definition) is 1. The zero-order valence-electron chi connectivity index (χ0n) is 14.6. The molecule has 0 radical (unpaired) electrons. The van der Waals surface area contributed by atoms with Crippen LogP contribution in [0.15, 0.2) is 35.6 Å². The summed E-state index contributed by atoms with van der Waals surface area (Å²) in [5.74, 6) is -1.29. The van der Waals surface area contributed by atoms with E-state index >= 15 is 0 Å². The third-order valence-electron chi connectivity index (χ3n) is 4.17. The number of carbonyl (C=O) groups is 1. The highest BCUT2D eigenvalue weighted by molar-refractivity contribution is 5.98. The largest absolute Gasteiger partial charge is 0.352 e. The molecule has 0 saturated carbocycles. The van der Waals surface area contributed by atoms with Crippen LogP contribution in [-0.2, 0) is 18.4 Å². The number of nitrogens with zero attached hydrogens (tertiary/aromatic N) is 5. The van der Waals surface area contributed by atoms with E-state index in [1.807, 2.05) is 4.90 Å². The van der Waals surface area contributed by atoms with Crippen LogP contribution >= 0.6 is 0 Å². The van der Waals surface area contributed by atoms with E-state index in [1.54, 1.807) is 36.1 Å². The molecule has 1 fully saturated rings. The summed E-state index contributed by atoms with van der Waals surface area (Å²) in [6.45, 7) is 1.56. The van der Waals surface area contributed by atoms with Crippen molar-refractivity contribution >= 4 is 17.6 Å². The van der Waals surface area contributed by atoms with Crippen molar-refractivity contribution in [1.82, 2.24) is 20.0 Å². The maximum Gasteiger partial charge on any atom is 0.246 e. The average Bonchev–Trinajstić information content (AvgIpc) is 3.04. The first-order valence-electron chi connectivity index (χ1n) is 8.16. The molecule has 1 saturated heterocycles. The molecule has 9 heteroatoms. The summed E-state index contributed by atoms with van der Waals surface area (Å²) < 4.78 is 27.9. The predicted molar refractivity (Wildman–Crippen MR) is 93.7 cm³/mol. The van der Waals surface area contributed by atoms with Gasteiger partial charge in [0.1, 0.15) is 6.54 Å². The number of carbonyl (C=O) groups excluding carboxylic acids is 1. The van der Waals surface area contributed by atoms with Gasteiger partial charge in [-0.05, 0) is 17.7 Å². The molecule has 0 aliphatic carbocycles. The number of aliphatic imine (C=N–C) groups is 1. The smallest absolute Gasteiger partial charge is 0.246 e. The van der Waals surface area contributed by atoms with Gasteiger partial charge in [-0.1, -0.05) is 6.07 Å². The van der Waals surface area contributed by atoms with Gasteiger partial charge < -0.3 is 15.1 Å². The van der Waals surface area contributed by atoms with E-state index in [0.717, 1.165) is 17.8 Å². The highest BCUT2D eigenvalue weighted by Gasteiger charge is 2.27. The van der Waals surface area contributed by atoms with E-state index < -0.39 is 11.6 Å². The van der Waals surface area contributed by atoms with Crippen LogP contribution < -0.4 is 10.2 Å². The molecule has 26 heavy (non-hydrogen) atoms. The van der Waals surface area contributed by atoms with Gasteiger partial charge in [0.25, 0.3) is 0 Å². The summed E-state index contributed by atoms with van der Waals surface area (Å²) in [6.07, 6.45) is 3.45. The Kier molecular flexibility index (Phi) is 5.15. The standard InChI is InChI=1S/C17H20F2N6O/c1-20-17(21-8-12-3-4-14(18)15(19)7-12)24-5-6-25(16(26)11-24)13-9-22-23(2)10-13/h3-4,7,9-10H,5-6,8,11H2,1-2H3,(H,20,21). The average molecular weight is 362 g/mol. The first-order valence-corrected chi connectivity index (χ1v) is 8.16. The van der Waals surface area contributed by atoms with Gasteiger partial charge in [0.15, 0.2) is 17.6 Å². The van der Waals surface area contributed by atoms with Gasteiger partial charge in [0.05, 0.1) is 11.9 Å². The molecule has 0 atom stereocenters. The number of rotatable bonds is 3. The molecule has 2 aromatic rings. The fourth-order valence-corrected chi connectivity index (χ4v) is 2.84. The van der Waals surface area contributed by atoms with Gasteiger partial charge >= 0.3 is 0 Å². The minimum absolute atomic E-state index is 0.0555. The number of amides is 1. The fraction of sp³-hybridized carbons (Fsp3) is 0.353. The summed E-state index contributed by atoms with van der Waals surface area (Å²) in [6, 6.07) is 3.73. The molecule has 0 bridgehead atoms. The fourth-order valence-electron chi connectivity index (χ4n) is 2.84. The van der Waals surface area contributed by atoms with Crippen LogP contribution in [0, 0.1) is 11.6 Å². The van der Waals surface area contributed by atoms with Crippen LogP contribution in [0.25, 0.3) is 0 Å². The van der Waals surface area contributed by atoms with Crippen LogP contribution in [0.2, 0.25) is 0 Å². The Hall–Kier alpha value is -2.97. The summed E-state index contributed by atoms with van der Waals surface area (Å²) >= 11 is 0. The molecule has 1 aromatic heterocycles. The SMILES string of the molecule is CN=C(NCc1ccc(F)c(F)c1)N1CCN(c2cnn(C)c2)C(=O)C1. The van der Waals surface area contributed by atoms with E-state index in [-0.39, 0.29) is 19.0 Å². The zero-order chi connectivity index (χ0) is 18.7. The topological polar surface area (TPSA) is 65.8 Å². The maximum absolute atomic E-state index is 13.3. The first kappa shape index (κ1) is 17.8. The molecule has 0 unspecified atom stereocenters. The number of benzene rings is 1. The number of aryl methyl sites for hydroxylation is 1. The van der Waals surface area contributed by atoms with Crippen molar-refractivity contribution in [2.75, 3.05) is 31.6 Å². The van der Waals surface area contributed by atoms with Crippen LogP contribution in [0.4, 0.5) is 14.5 Å². The van der Waals surface area contributed by atoms with Gasteiger partial charge in [0, 0.05) is 39.9 Å².